The lowest BCUT2D eigenvalue weighted by molar-refractivity contribution is -0.113. The molecule has 3 N–H and O–H groups in total. The number of carbonyl (C=O) groups is 1. The smallest absolute Gasteiger partial charge is 0.294 e. The van der Waals surface area contributed by atoms with Crippen LogP contribution >= 0.6 is 23.4 Å². The van der Waals surface area contributed by atoms with Crippen LogP contribution in [0.4, 0.5) is 5.69 Å². The van der Waals surface area contributed by atoms with E-state index >= 15 is 0 Å². The van der Waals surface area contributed by atoms with Crippen LogP contribution in [0.25, 0.3) is 0 Å². The number of nitrogens with zero attached hydrogens (tertiary/aromatic N) is 3. The molecule has 0 bridgehead atoms. The SMILES string of the molecule is Cc1cccc(NC(=O)CSc2nnc(Cc3ccc(Cl)cc3)c(=O)n2N)c1. The van der Waals surface area contributed by atoms with Crippen molar-refractivity contribution >= 4 is 35.0 Å². The summed E-state index contributed by atoms with van der Waals surface area (Å²) in [7, 11) is 0. The monoisotopic (exact) mass is 415 g/mol. The second-order valence-electron chi connectivity index (χ2n) is 6.11. The van der Waals surface area contributed by atoms with Gasteiger partial charge in [0.2, 0.25) is 11.1 Å². The van der Waals surface area contributed by atoms with E-state index in [4.69, 9.17) is 17.4 Å². The Hall–Kier alpha value is -2.84. The zero-order chi connectivity index (χ0) is 20.1. The first-order valence-electron chi connectivity index (χ1n) is 8.40. The first-order valence-corrected chi connectivity index (χ1v) is 9.76. The molecule has 0 saturated carbocycles. The number of aryl methyl sites for hydroxylation is 1. The lowest BCUT2D eigenvalue weighted by Gasteiger charge is -2.08. The normalized spacial score (nSPS) is 10.6. The van der Waals surface area contributed by atoms with E-state index in [0.29, 0.717) is 17.1 Å². The molecule has 0 fully saturated rings. The summed E-state index contributed by atoms with van der Waals surface area (Å²) in [6.07, 6.45) is 0.291. The van der Waals surface area contributed by atoms with E-state index in [1.807, 2.05) is 37.3 Å². The van der Waals surface area contributed by atoms with Gasteiger partial charge in [0, 0.05) is 17.1 Å². The van der Waals surface area contributed by atoms with Crippen LogP contribution in [0.2, 0.25) is 5.02 Å². The number of thioether (sulfide) groups is 1. The second kappa shape index (κ2) is 8.90. The molecule has 0 saturated heterocycles. The molecule has 0 unspecified atom stereocenters. The van der Waals surface area contributed by atoms with E-state index in [-0.39, 0.29) is 22.5 Å². The first-order chi connectivity index (χ1) is 13.4. The summed E-state index contributed by atoms with van der Waals surface area (Å²) in [4.78, 5) is 24.5. The van der Waals surface area contributed by atoms with Crippen LogP contribution in [0.1, 0.15) is 16.8 Å². The van der Waals surface area contributed by atoms with Crippen molar-refractivity contribution in [3.8, 4) is 0 Å². The third-order valence-corrected chi connectivity index (χ3v) is 5.04. The molecule has 9 heteroatoms. The molecule has 1 heterocycles. The Labute approximate surface area is 170 Å². The van der Waals surface area contributed by atoms with Gasteiger partial charge in [0.25, 0.3) is 5.56 Å². The van der Waals surface area contributed by atoms with Crippen molar-refractivity contribution in [3.05, 3.63) is 80.7 Å². The Morgan fingerprint density at radius 2 is 1.96 bits per heavy atom. The predicted molar refractivity (Wildman–Crippen MR) is 111 cm³/mol. The number of amides is 1. The molecule has 28 heavy (non-hydrogen) atoms. The van der Waals surface area contributed by atoms with E-state index in [2.05, 4.69) is 15.5 Å². The van der Waals surface area contributed by atoms with E-state index in [1.165, 1.54) is 0 Å². The predicted octanol–water partition coefficient (Wildman–Crippen LogP) is 2.64. The molecule has 0 spiro atoms. The Morgan fingerprint density at radius 1 is 1.21 bits per heavy atom. The summed E-state index contributed by atoms with van der Waals surface area (Å²) < 4.78 is 0.920. The largest absolute Gasteiger partial charge is 0.334 e. The molecule has 0 aliphatic carbocycles. The highest BCUT2D eigenvalue weighted by Gasteiger charge is 2.13. The Balaban J connectivity index is 1.64. The number of rotatable bonds is 6. The van der Waals surface area contributed by atoms with Crippen LogP contribution in [-0.4, -0.2) is 26.5 Å². The number of nitrogens with two attached hydrogens (primary N) is 1. The highest BCUT2D eigenvalue weighted by Crippen LogP contribution is 2.15. The van der Waals surface area contributed by atoms with E-state index in [9.17, 15) is 9.59 Å². The van der Waals surface area contributed by atoms with Gasteiger partial charge in [0.05, 0.1) is 5.75 Å². The highest BCUT2D eigenvalue weighted by atomic mass is 35.5. The number of anilines is 1. The molecule has 1 aromatic heterocycles. The van der Waals surface area contributed by atoms with Gasteiger partial charge in [-0.15, -0.1) is 10.2 Å². The van der Waals surface area contributed by atoms with Gasteiger partial charge in [0.1, 0.15) is 5.69 Å². The molecule has 0 aliphatic rings. The molecule has 0 aliphatic heterocycles. The topological polar surface area (TPSA) is 103 Å². The standard InChI is InChI=1S/C19H18ClN5O2S/c1-12-3-2-4-15(9-12)22-17(26)11-28-19-24-23-16(18(27)25(19)21)10-13-5-7-14(20)8-6-13/h2-9H,10-11,21H2,1H3,(H,22,26). The van der Waals surface area contributed by atoms with Gasteiger partial charge in [-0.3, -0.25) is 9.59 Å². The van der Waals surface area contributed by atoms with Gasteiger partial charge in [-0.25, -0.2) is 0 Å². The molecule has 7 nitrogen and oxygen atoms in total. The molecule has 2 aromatic carbocycles. The van der Waals surface area contributed by atoms with Crippen molar-refractivity contribution in [2.24, 2.45) is 0 Å². The molecule has 1 amide bonds. The number of halogens is 1. The lowest BCUT2D eigenvalue weighted by atomic mass is 10.1. The van der Waals surface area contributed by atoms with Gasteiger partial charge in [-0.2, -0.15) is 4.68 Å². The first kappa shape index (κ1) is 19.9. The summed E-state index contributed by atoms with van der Waals surface area (Å²) >= 11 is 6.91. The van der Waals surface area contributed by atoms with Crippen LogP contribution in [0.5, 0.6) is 0 Å². The third-order valence-electron chi connectivity index (χ3n) is 3.85. The maximum atomic E-state index is 12.4. The van der Waals surface area contributed by atoms with Crippen molar-refractivity contribution in [1.29, 1.82) is 0 Å². The van der Waals surface area contributed by atoms with Crippen LogP contribution < -0.4 is 16.7 Å². The molecule has 0 radical (unpaired) electrons. The molecular formula is C19H18ClN5O2S. The maximum absolute atomic E-state index is 12.4. The van der Waals surface area contributed by atoms with Gasteiger partial charge in [-0.05, 0) is 42.3 Å². The summed E-state index contributed by atoms with van der Waals surface area (Å²) in [5.74, 6) is 5.67. The molecule has 3 rings (SSSR count). The van der Waals surface area contributed by atoms with Crippen molar-refractivity contribution in [2.75, 3.05) is 16.9 Å². The molecule has 144 valence electrons. The fourth-order valence-corrected chi connectivity index (χ4v) is 3.25. The van der Waals surface area contributed by atoms with Crippen molar-refractivity contribution < 1.29 is 4.79 Å². The average molecular weight is 416 g/mol. The molecule has 3 aromatic rings. The number of aromatic nitrogens is 3. The van der Waals surface area contributed by atoms with Crippen LogP contribution in [0.15, 0.2) is 58.5 Å². The third kappa shape index (κ3) is 5.11. The fraction of sp³-hybridized carbons (Fsp3) is 0.158. The summed E-state index contributed by atoms with van der Waals surface area (Å²) in [6, 6.07) is 14.6. The molecule has 0 atom stereocenters. The van der Waals surface area contributed by atoms with Crippen LogP contribution in [0.3, 0.4) is 0 Å². The summed E-state index contributed by atoms with van der Waals surface area (Å²) in [5.41, 5.74) is 2.39. The maximum Gasteiger partial charge on any atom is 0.294 e. The van der Waals surface area contributed by atoms with Crippen LogP contribution in [-0.2, 0) is 11.2 Å². The Morgan fingerprint density at radius 3 is 2.68 bits per heavy atom. The zero-order valence-corrected chi connectivity index (χ0v) is 16.6. The van der Waals surface area contributed by atoms with Gasteiger partial charge in [-0.1, -0.05) is 47.6 Å². The van der Waals surface area contributed by atoms with Gasteiger partial charge >= 0.3 is 0 Å². The van der Waals surface area contributed by atoms with E-state index < -0.39 is 5.56 Å². The van der Waals surface area contributed by atoms with E-state index in [0.717, 1.165) is 27.6 Å². The zero-order valence-electron chi connectivity index (χ0n) is 15.1. The number of nitrogen functional groups attached to an aromatic ring is 1. The lowest BCUT2D eigenvalue weighted by Crippen LogP contribution is -2.34. The van der Waals surface area contributed by atoms with Crippen molar-refractivity contribution in [2.45, 2.75) is 18.5 Å². The number of benzene rings is 2. The number of hydrogen-bond acceptors (Lipinski definition) is 6. The summed E-state index contributed by atoms with van der Waals surface area (Å²) in [6.45, 7) is 1.94. The number of hydrogen-bond donors (Lipinski definition) is 2. The minimum absolute atomic E-state index is 0.0514. The number of nitrogens with one attached hydrogen (secondary N) is 1. The van der Waals surface area contributed by atoms with Gasteiger partial charge in [0.15, 0.2) is 0 Å². The number of carbonyl (C=O) groups excluding carboxylic acids is 1. The second-order valence-corrected chi connectivity index (χ2v) is 7.49. The van der Waals surface area contributed by atoms with Crippen LogP contribution in [0, 0.1) is 6.92 Å². The minimum Gasteiger partial charge on any atom is -0.334 e. The minimum atomic E-state index is -0.452. The van der Waals surface area contributed by atoms with Crippen molar-refractivity contribution in [1.82, 2.24) is 14.9 Å². The fourth-order valence-electron chi connectivity index (χ4n) is 2.47. The molecular weight excluding hydrogens is 398 g/mol. The van der Waals surface area contributed by atoms with Gasteiger partial charge < -0.3 is 11.2 Å². The highest BCUT2D eigenvalue weighted by molar-refractivity contribution is 7.99. The quantitative estimate of drug-likeness (QED) is 0.474. The average Bonchev–Trinajstić information content (AvgIpc) is 2.66. The van der Waals surface area contributed by atoms with Crippen molar-refractivity contribution in [3.63, 3.8) is 0 Å². The summed E-state index contributed by atoms with van der Waals surface area (Å²) in [5, 5.41) is 11.5. The Kier molecular flexibility index (Phi) is 6.33. The Bertz CT molecular complexity index is 1050. The van der Waals surface area contributed by atoms with E-state index in [1.54, 1.807) is 18.2 Å².